The third-order valence-electron chi connectivity index (χ3n) is 4.52. The number of rotatable bonds is 12. The minimum Gasteiger partial charge on any atom is -0.480 e. The molecule has 0 fully saturated rings. The largest absolute Gasteiger partial charge is 0.480 e. The molecule has 4 unspecified atom stereocenters. The van der Waals surface area contributed by atoms with Crippen molar-refractivity contribution in [3.63, 3.8) is 0 Å². The summed E-state index contributed by atoms with van der Waals surface area (Å²) in [6, 6.07) is 5.04. The molecule has 0 saturated heterocycles. The standard InChI is InChI=1S/C21H32N4O5S/c1-12(2)9-16(24-18(26)13(3)23-19(27)15(22)11-31)20(28)25-17(21(29)30)10-14-7-5-4-6-8-14/h4-8,12-13,15-17,31H,9-11,22H2,1-3H3,(H,23,27)(H,24,26)(H,25,28)(H,29,30). The Kier molecular flexibility index (Phi) is 11.1. The minimum absolute atomic E-state index is 0.0518. The predicted molar refractivity (Wildman–Crippen MR) is 121 cm³/mol. The molecule has 0 aliphatic heterocycles. The first-order valence-corrected chi connectivity index (χ1v) is 10.7. The molecule has 0 radical (unpaired) electrons. The number of carboxylic acid groups (broad SMARTS) is 1. The van der Waals surface area contributed by atoms with Crippen molar-refractivity contribution in [2.75, 3.05) is 5.75 Å². The van der Waals surface area contributed by atoms with Gasteiger partial charge < -0.3 is 26.8 Å². The van der Waals surface area contributed by atoms with E-state index in [4.69, 9.17) is 5.73 Å². The Labute approximate surface area is 187 Å². The number of nitrogens with two attached hydrogens (primary N) is 1. The lowest BCUT2D eigenvalue weighted by Gasteiger charge is -2.24. The Balaban J connectivity index is 2.84. The van der Waals surface area contributed by atoms with E-state index in [2.05, 4.69) is 28.6 Å². The maximum absolute atomic E-state index is 12.8. The van der Waals surface area contributed by atoms with Crippen LogP contribution in [0.5, 0.6) is 0 Å². The van der Waals surface area contributed by atoms with E-state index in [1.165, 1.54) is 6.92 Å². The van der Waals surface area contributed by atoms with E-state index in [1.807, 2.05) is 19.9 Å². The molecule has 0 saturated carbocycles. The number of thiol groups is 1. The maximum atomic E-state index is 12.8. The SMILES string of the molecule is CC(C)CC(NC(=O)C(C)NC(=O)C(N)CS)C(=O)NC(Cc1ccccc1)C(=O)O. The molecule has 9 nitrogen and oxygen atoms in total. The van der Waals surface area contributed by atoms with Crippen LogP contribution in [0.1, 0.15) is 32.8 Å². The molecule has 1 rings (SSSR count). The van der Waals surface area contributed by atoms with Gasteiger partial charge in [0.15, 0.2) is 0 Å². The zero-order valence-corrected chi connectivity index (χ0v) is 18.9. The predicted octanol–water partition coefficient (Wildman–Crippen LogP) is 0.0912. The molecule has 10 heteroatoms. The van der Waals surface area contributed by atoms with Crippen LogP contribution < -0.4 is 21.7 Å². The summed E-state index contributed by atoms with van der Waals surface area (Å²) in [5, 5.41) is 17.1. The van der Waals surface area contributed by atoms with Crippen LogP contribution in [-0.4, -0.2) is 58.7 Å². The summed E-state index contributed by atoms with van der Waals surface area (Å²) < 4.78 is 0. The lowest BCUT2D eigenvalue weighted by molar-refractivity contribution is -0.142. The highest BCUT2D eigenvalue weighted by atomic mass is 32.1. The molecular formula is C21H32N4O5S. The fourth-order valence-electron chi connectivity index (χ4n) is 2.79. The first kappa shape index (κ1) is 26.4. The van der Waals surface area contributed by atoms with Crippen LogP contribution in [0.4, 0.5) is 0 Å². The van der Waals surface area contributed by atoms with Gasteiger partial charge in [-0.25, -0.2) is 4.79 Å². The number of carboxylic acids is 1. The number of hydrogen-bond donors (Lipinski definition) is 6. The summed E-state index contributed by atoms with van der Waals surface area (Å²) in [7, 11) is 0. The highest BCUT2D eigenvalue weighted by Gasteiger charge is 2.29. The molecule has 4 atom stereocenters. The van der Waals surface area contributed by atoms with Crippen LogP contribution in [0, 0.1) is 5.92 Å². The van der Waals surface area contributed by atoms with E-state index in [0.717, 1.165) is 5.56 Å². The monoisotopic (exact) mass is 452 g/mol. The van der Waals surface area contributed by atoms with Gasteiger partial charge in [-0.05, 0) is 24.8 Å². The van der Waals surface area contributed by atoms with Crippen LogP contribution in [0.15, 0.2) is 30.3 Å². The molecule has 1 aromatic rings. The van der Waals surface area contributed by atoms with Crippen molar-refractivity contribution in [3.8, 4) is 0 Å². The van der Waals surface area contributed by atoms with Gasteiger partial charge >= 0.3 is 5.97 Å². The zero-order chi connectivity index (χ0) is 23.6. The quantitative estimate of drug-likeness (QED) is 0.247. The molecule has 1 aromatic carbocycles. The van der Waals surface area contributed by atoms with E-state index in [1.54, 1.807) is 24.3 Å². The van der Waals surface area contributed by atoms with Crippen molar-refractivity contribution >= 4 is 36.3 Å². The van der Waals surface area contributed by atoms with Gasteiger partial charge in [0, 0.05) is 12.2 Å². The lowest BCUT2D eigenvalue weighted by atomic mass is 10.0. The molecule has 0 bridgehead atoms. The Hall–Kier alpha value is -2.59. The first-order chi connectivity index (χ1) is 14.5. The van der Waals surface area contributed by atoms with Gasteiger partial charge in [-0.15, -0.1) is 0 Å². The lowest BCUT2D eigenvalue weighted by Crippen LogP contribution is -2.57. The molecule has 0 spiro atoms. The number of carbonyl (C=O) groups excluding carboxylic acids is 3. The van der Waals surface area contributed by atoms with E-state index in [9.17, 15) is 24.3 Å². The summed E-state index contributed by atoms with van der Waals surface area (Å²) >= 11 is 3.95. The number of hydrogen-bond acceptors (Lipinski definition) is 6. The Morgan fingerprint density at radius 2 is 1.52 bits per heavy atom. The third-order valence-corrected chi connectivity index (χ3v) is 4.92. The smallest absolute Gasteiger partial charge is 0.326 e. The first-order valence-electron chi connectivity index (χ1n) is 10.1. The van der Waals surface area contributed by atoms with Crippen molar-refractivity contribution in [3.05, 3.63) is 35.9 Å². The van der Waals surface area contributed by atoms with Gasteiger partial charge in [-0.2, -0.15) is 12.6 Å². The summed E-state index contributed by atoms with van der Waals surface area (Å²) in [5.74, 6) is -2.71. The molecule has 6 N–H and O–H groups in total. The molecule has 0 aromatic heterocycles. The fraction of sp³-hybridized carbons (Fsp3) is 0.524. The number of nitrogens with one attached hydrogen (secondary N) is 3. The Morgan fingerprint density at radius 3 is 2.03 bits per heavy atom. The second-order valence-corrected chi connectivity index (χ2v) is 8.16. The van der Waals surface area contributed by atoms with E-state index in [0.29, 0.717) is 6.42 Å². The minimum atomic E-state index is -1.17. The topological polar surface area (TPSA) is 151 Å². The fourth-order valence-corrected chi connectivity index (χ4v) is 2.96. The van der Waals surface area contributed by atoms with E-state index in [-0.39, 0.29) is 18.1 Å². The van der Waals surface area contributed by atoms with Gasteiger partial charge in [0.2, 0.25) is 17.7 Å². The van der Waals surface area contributed by atoms with Gasteiger partial charge in [-0.3, -0.25) is 14.4 Å². The molecule has 0 aliphatic carbocycles. The normalized spacial score (nSPS) is 14.8. The van der Waals surface area contributed by atoms with Crippen molar-refractivity contribution in [1.29, 1.82) is 0 Å². The summed E-state index contributed by atoms with van der Waals surface area (Å²) in [4.78, 5) is 48.9. The van der Waals surface area contributed by atoms with Crippen LogP contribution in [0.3, 0.4) is 0 Å². The van der Waals surface area contributed by atoms with Crippen molar-refractivity contribution in [2.24, 2.45) is 11.7 Å². The second-order valence-electron chi connectivity index (χ2n) is 7.80. The number of aliphatic carboxylic acids is 1. The van der Waals surface area contributed by atoms with Crippen LogP contribution in [0.25, 0.3) is 0 Å². The number of benzene rings is 1. The Morgan fingerprint density at radius 1 is 0.935 bits per heavy atom. The molecule has 31 heavy (non-hydrogen) atoms. The van der Waals surface area contributed by atoms with Crippen LogP contribution >= 0.6 is 12.6 Å². The van der Waals surface area contributed by atoms with Gasteiger partial charge in [0.1, 0.15) is 18.1 Å². The number of carbonyl (C=O) groups is 4. The van der Waals surface area contributed by atoms with Gasteiger partial charge in [-0.1, -0.05) is 44.2 Å². The van der Waals surface area contributed by atoms with Gasteiger partial charge in [0.05, 0.1) is 6.04 Å². The van der Waals surface area contributed by atoms with Crippen molar-refractivity contribution in [1.82, 2.24) is 16.0 Å². The molecule has 0 heterocycles. The average molecular weight is 453 g/mol. The van der Waals surface area contributed by atoms with Crippen molar-refractivity contribution in [2.45, 2.75) is 57.8 Å². The summed E-state index contributed by atoms with van der Waals surface area (Å²) in [6.07, 6.45) is 0.407. The Bertz CT molecular complexity index is 759. The highest BCUT2D eigenvalue weighted by molar-refractivity contribution is 7.80. The zero-order valence-electron chi connectivity index (χ0n) is 18.0. The summed E-state index contributed by atoms with van der Waals surface area (Å²) in [6.45, 7) is 5.22. The summed E-state index contributed by atoms with van der Waals surface area (Å²) in [5.41, 5.74) is 6.35. The third kappa shape index (κ3) is 9.39. The van der Waals surface area contributed by atoms with E-state index < -0.39 is 47.9 Å². The van der Waals surface area contributed by atoms with Crippen LogP contribution in [0.2, 0.25) is 0 Å². The number of amides is 3. The van der Waals surface area contributed by atoms with Gasteiger partial charge in [0.25, 0.3) is 0 Å². The molecule has 3 amide bonds. The molecule has 172 valence electrons. The van der Waals surface area contributed by atoms with Crippen molar-refractivity contribution < 1.29 is 24.3 Å². The molecular weight excluding hydrogens is 420 g/mol. The average Bonchev–Trinajstić information content (AvgIpc) is 2.72. The second kappa shape index (κ2) is 13.0. The maximum Gasteiger partial charge on any atom is 0.326 e. The highest BCUT2D eigenvalue weighted by Crippen LogP contribution is 2.08. The van der Waals surface area contributed by atoms with Crippen LogP contribution in [-0.2, 0) is 25.6 Å². The molecule has 0 aliphatic rings. The van der Waals surface area contributed by atoms with E-state index >= 15 is 0 Å².